The maximum absolute atomic E-state index is 11.3. The van der Waals surface area contributed by atoms with E-state index < -0.39 is 7.82 Å². The van der Waals surface area contributed by atoms with Crippen LogP contribution in [-0.4, -0.2) is 25.3 Å². The summed E-state index contributed by atoms with van der Waals surface area (Å²) >= 11 is 0. The van der Waals surface area contributed by atoms with Crippen LogP contribution in [0.1, 0.15) is 20.8 Å². The Labute approximate surface area is 72.9 Å². The second-order valence-corrected chi connectivity index (χ2v) is 3.37. The lowest BCUT2D eigenvalue weighted by atomic mass is 10.9. The normalized spacial score (nSPS) is 10.9. The molecule has 0 heterocycles. The van der Waals surface area contributed by atoms with Crippen LogP contribution >= 0.6 is 7.82 Å². The first kappa shape index (κ1) is 14.6. The van der Waals surface area contributed by atoms with Crippen molar-refractivity contribution in [3.8, 4) is 0 Å². The number of rotatable bonds is 6. The SMILES string of the molecule is CCOP(=O)(OCC)OCC.O. The van der Waals surface area contributed by atoms with Crippen molar-refractivity contribution in [2.75, 3.05) is 19.8 Å². The monoisotopic (exact) mass is 200 g/mol. The molecule has 5 nitrogen and oxygen atoms in total. The summed E-state index contributed by atoms with van der Waals surface area (Å²) in [4.78, 5) is 0. The molecule has 0 aliphatic carbocycles. The Morgan fingerprint density at radius 3 is 1.33 bits per heavy atom. The van der Waals surface area contributed by atoms with Gasteiger partial charge < -0.3 is 5.48 Å². The van der Waals surface area contributed by atoms with Crippen LogP contribution in [0.15, 0.2) is 0 Å². The minimum absolute atomic E-state index is 0. The fourth-order valence-corrected chi connectivity index (χ4v) is 1.76. The largest absolute Gasteiger partial charge is 0.474 e. The molecule has 0 radical (unpaired) electrons. The van der Waals surface area contributed by atoms with Gasteiger partial charge in [0, 0.05) is 0 Å². The van der Waals surface area contributed by atoms with Gasteiger partial charge in [0.05, 0.1) is 19.8 Å². The highest BCUT2D eigenvalue weighted by Crippen LogP contribution is 2.48. The van der Waals surface area contributed by atoms with Crippen molar-refractivity contribution >= 4 is 7.82 Å². The van der Waals surface area contributed by atoms with E-state index in [-0.39, 0.29) is 5.48 Å². The highest BCUT2D eigenvalue weighted by Gasteiger charge is 2.23. The zero-order valence-electron chi connectivity index (χ0n) is 7.70. The molecule has 0 aliphatic heterocycles. The molecule has 0 bridgehead atoms. The van der Waals surface area contributed by atoms with Gasteiger partial charge in [0.1, 0.15) is 0 Å². The zero-order chi connectivity index (χ0) is 8.74. The molecule has 0 spiro atoms. The van der Waals surface area contributed by atoms with Gasteiger partial charge in [0.25, 0.3) is 0 Å². The van der Waals surface area contributed by atoms with Crippen LogP contribution in [0.5, 0.6) is 0 Å². The molecule has 0 aromatic rings. The van der Waals surface area contributed by atoms with Crippen molar-refractivity contribution in [1.82, 2.24) is 0 Å². The third kappa shape index (κ3) is 5.69. The summed E-state index contributed by atoms with van der Waals surface area (Å²) in [6, 6.07) is 0. The Morgan fingerprint density at radius 2 is 1.17 bits per heavy atom. The van der Waals surface area contributed by atoms with Crippen LogP contribution < -0.4 is 0 Å². The van der Waals surface area contributed by atoms with E-state index in [2.05, 4.69) is 0 Å². The summed E-state index contributed by atoms with van der Waals surface area (Å²) < 4.78 is 25.8. The predicted octanol–water partition coefficient (Wildman–Crippen LogP) is 1.38. The fourth-order valence-electron chi connectivity index (χ4n) is 0.586. The topological polar surface area (TPSA) is 76.3 Å². The number of hydrogen-bond acceptors (Lipinski definition) is 4. The van der Waals surface area contributed by atoms with Crippen molar-refractivity contribution in [3.05, 3.63) is 0 Å². The minimum Gasteiger partial charge on any atom is -0.412 e. The summed E-state index contributed by atoms with van der Waals surface area (Å²) in [6.45, 7) is 6.21. The van der Waals surface area contributed by atoms with Gasteiger partial charge >= 0.3 is 7.82 Å². The number of phosphoric ester groups is 1. The van der Waals surface area contributed by atoms with E-state index in [1.54, 1.807) is 20.8 Å². The van der Waals surface area contributed by atoms with Crippen molar-refractivity contribution in [1.29, 1.82) is 0 Å². The van der Waals surface area contributed by atoms with Crippen LogP contribution in [0.3, 0.4) is 0 Å². The maximum Gasteiger partial charge on any atom is 0.474 e. The van der Waals surface area contributed by atoms with Gasteiger partial charge in [-0.25, -0.2) is 4.57 Å². The van der Waals surface area contributed by atoms with Gasteiger partial charge in [-0.15, -0.1) is 0 Å². The molecule has 0 atom stereocenters. The first-order chi connectivity index (χ1) is 5.18. The van der Waals surface area contributed by atoms with Crippen LogP contribution in [-0.2, 0) is 18.1 Å². The summed E-state index contributed by atoms with van der Waals surface area (Å²) in [5.41, 5.74) is 0. The van der Waals surface area contributed by atoms with Crippen LogP contribution in [0.4, 0.5) is 0 Å². The number of phosphoric acid groups is 1. The van der Waals surface area contributed by atoms with E-state index in [9.17, 15) is 4.57 Å². The van der Waals surface area contributed by atoms with Crippen molar-refractivity contribution in [2.24, 2.45) is 0 Å². The van der Waals surface area contributed by atoms with Gasteiger partial charge in [-0.2, -0.15) is 0 Å². The van der Waals surface area contributed by atoms with Crippen molar-refractivity contribution < 1.29 is 23.6 Å². The van der Waals surface area contributed by atoms with Gasteiger partial charge in [-0.3, -0.25) is 13.6 Å². The van der Waals surface area contributed by atoms with Crippen LogP contribution in [0, 0.1) is 0 Å². The molecule has 0 rings (SSSR count). The van der Waals surface area contributed by atoms with E-state index in [1.165, 1.54) is 0 Å². The molecule has 0 unspecified atom stereocenters. The number of hydrogen-bond donors (Lipinski definition) is 0. The quantitative estimate of drug-likeness (QED) is 0.607. The predicted molar refractivity (Wildman–Crippen MR) is 46.1 cm³/mol. The van der Waals surface area contributed by atoms with E-state index >= 15 is 0 Å². The van der Waals surface area contributed by atoms with Crippen LogP contribution in [0.2, 0.25) is 0 Å². The van der Waals surface area contributed by atoms with E-state index in [4.69, 9.17) is 13.6 Å². The third-order valence-corrected chi connectivity index (χ3v) is 2.58. The van der Waals surface area contributed by atoms with E-state index in [1.807, 2.05) is 0 Å². The highest BCUT2D eigenvalue weighted by molar-refractivity contribution is 7.48. The van der Waals surface area contributed by atoms with Gasteiger partial charge in [0.2, 0.25) is 0 Å². The van der Waals surface area contributed by atoms with E-state index in [0.29, 0.717) is 19.8 Å². The summed E-state index contributed by atoms with van der Waals surface area (Å²) in [5.74, 6) is 0. The van der Waals surface area contributed by atoms with Crippen molar-refractivity contribution in [2.45, 2.75) is 20.8 Å². The summed E-state index contributed by atoms with van der Waals surface area (Å²) in [5, 5.41) is 0. The van der Waals surface area contributed by atoms with Gasteiger partial charge in [-0.1, -0.05) is 0 Å². The molecular weight excluding hydrogens is 183 g/mol. The van der Waals surface area contributed by atoms with Crippen molar-refractivity contribution in [3.63, 3.8) is 0 Å². The zero-order valence-corrected chi connectivity index (χ0v) is 8.60. The standard InChI is InChI=1S/C6H15O4P.H2O/c1-4-8-11(7,9-5-2)10-6-3;/h4-6H2,1-3H3;1H2. The maximum atomic E-state index is 11.3. The Hall–Kier alpha value is 0.0700. The lowest BCUT2D eigenvalue weighted by Crippen LogP contribution is -1.99. The molecule has 12 heavy (non-hydrogen) atoms. The van der Waals surface area contributed by atoms with Gasteiger partial charge in [0.15, 0.2) is 0 Å². The molecule has 6 heteroatoms. The molecule has 0 saturated heterocycles. The Morgan fingerprint density at radius 1 is 0.917 bits per heavy atom. The molecule has 0 aromatic carbocycles. The molecule has 76 valence electrons. The molecule has 0 saturated carbocycles. The Bertz CT molecular complexity index is 114. The molecular formula is C6H17O5P. The lowest BCUT2D eigenvalue weighted by Gasteiger charge is -2.14. The van der Waals surface area contributed by atoms with Crippen LogP contribution in [0.25, 0.3) is 0 Å². The Balaban J connectivity index is 0. The Kier molecular flexibility index (Phi) is 9.37. The molecule has 0 fully saturated rings. The second kappa shape index (κ2) is 7.71. The molecule has 2 N–H and O–H groups in total. The van der Waals surface area contributed by atoms with Gasteiger partial charge in [-0.05, 0) is 20.8 Å². The average molecular weight is 200 g/mol. The molecule has 0 aromatic heterocycles. The van der Waals surface area contributed by atoms with E-state index in [0.717, 1.165) is 0 Å². The third-order valence-electron chi connectivity index (χ3n) is 0.862. The molecule has 0 aliphatic rings. The lowest BCUT2D eigenvalue weighted by molar-refractivity contribution is 0.126. The summed E-state index contributed by atoms with van der Waals surface area (Å²) in [6.07, 6.45) is 0. The summed E-state index contributed by atoms with van der Waals surface area (Å²) in [7, 11) is -3.22. The minimum atomic E-state index is -3.22. The second-order valence-electron chi connectivity index (χ2n) is 1.70. The highest BCUT2D eigenvalue weighted by atomic mass is 31.2. The first-order valence-corrected chi connectivity index (χ1v) is 5.18. The average Bonchev–Trinajstić information content (AvgIpc) is 1.88. The smallest absolute Gasteiger partial charge is 0.412 e. The first-order valence-electron chi connectivity index (χ1n) is 3.72. The fraction of sp³-hybridized carbons (Fsp3) is 1.00. The molecule has 0 amide bonds.